The third-order valence-electron chi connectivity index (χ3n) is 6.63. The van der Waals surface area contributed by atoms with Gasteiger partial charge in [-0.25, -0.2) is 18.1 Å². The molecule has 216 valence electrons. The summed E-state index contributed by atoms with van der Waals surface area (Å²) in [5.41, 5.74) is 1.00. The van der Waals surface area contributed by atoms with E-state index in [4.69, 9.17) is 21.1 Å². The van der Waals surface area contributed by atoms with Crippen LogP contribution < -0.4 is 24.8 Å². The van der Waals surface area contributed by atoms with Crippen LogP contribution in [0.25, 0.3) is 0 Å². The molecule has 1 atom stereocenters. The van der Waals surface area contributed by atoms with Gasteiger partial charge < -0.3 is 25.0 Å². The maximum absolute atomic E-state index is 13.2. The van der Waals surface area contributed by atoms with Crippen molar-refractivity contribution >= 4 is 44.8 Å². The first kappa shape index (κ1) is 29.9. The standard InChI is InChI=1S/C28H37ClN6O4S/c1-5-19(6-2)34-40(36,37)26-11-9-8-10-24(26)31-27-22(29)17-30-28(33-27)32-23-13-12-20(16-25(23)38-7-3)39-21-14-15-35(4)18-21/h8-13,16-17,19,21,34H,5-7,14-15,18H2,1-4H3,(H2,30,31,32,33). The van der Waals surface area contributed by atoms with Gasteiger partial charge in [-0.05, 0) is 57.5 Å². The lowest BCUT2D eigenvalue weighted by molar-refractivity contribution is 0.207. The predicted octanol–water partition coefficient (Wildman–Crippen LogP) is 5.57. The molecule has 0 bridgehead atoms. The van der Waals surface area contributed by atoms with E-state index in [1.165, 1.54) is 6.20 Å². The molecule has 2 heterocycles. The van der Waals surface area contributed by atoms with Gasteiger partial charge in [0.15, 0.2) is 5.82 Å². The second-order valence-electron chi connectivity index (χ2n) is 9.65. The number of likely N-dealkylation sites (N-methyl/N-ethyl adjacent to an activating group) is 1. The summed E-state index contributed by atoms with van der Waals surface area (Å²) in [7, 11) is -1.70. The first-order chi connectivity index (χ1) is 19.2. The Morgan fingerprint density at radius 3 is 2.58 bits per heavy atom. The van der Waals surface area contributed by atoms with Gasteiger partial charge in [0.2, 0.25) is 16.0 Å². The maximum atomic E-state index is 13.2. The van der Waals surface area contributed by atoms with E-state index in [1.54, 1.807) is 24.3 Å². The highest BCUT2D eigenvalue weighted by Crippen LogP contribution is 2.34. The smallest absolute Gasteiger partial charge is 0.242 e. The molecule has 0 spiro atoms. The van der Waals surface area contributed by atoms with Crippen LogP contribution in [0.2, 0.25) is 5.02 Å². The fourth-order valence-electron chi connectivity index (χ4n) is 4.44. The van der Waals surface area contributed by atoms with Crippen molar-refractivity contribution in [2.45, 2.75) is 57.1 Å². The molecule has 0 amide bonds. The van der Waals surface area contributed by atoms with Crippen molar-refractivity contribution in [2.24, 2.45) is 0 Å². The maximum Gasteiger partial charge on any atom is 0.242 e. The number of rotatable bonds is 13. The second kappa shape index (κ2) is 13.5. The molecule has 0 aliphatic carbocycles. The molecule has 12 heteroatoms. The molecule has 40 heavy (non-hydrogen) atoms. The molecule has 1 aliphatic heterocycles. The van der Waals surface area contributed by atoms with Gasteiger partial charge in [-0.1, -0.05) is 37.6 Å². The van der Waals surface area contributed by atoms with Crippen LogP contribution in [0.15, 0.2) is 53.6 Å². The Labute approximate surface area is 241 Å². The molecule has 1 unspecified atom stereocenters. The summed E-state index contributed by atoms with van der Waals surface area (Å²) in [6.07, 6.45) is 3.95. The van der Waals surface area contributed by atoms with E-state index in [2.05, 4.69) is 37.3 Å². The molecule has 3 N–H and O–H groups in total. The molecule has 0 saturated carbocycles. The Bertz CT molecular complexity index is 1400. The predicted molar refractivity (Wildman–Crippen MR) is 159 cm³/mol. The lowest BCUT2D eigenvalue weighted by Crippen LogP contribution is -2.34. The van der Waals surface area contributed by atoms with Crippen LogP contribution in [0.3, 0.4) is 0 Å². The number of para-hydroxylation sites is 1. The topological polar surface area (TPSA) is 118 Å². The number of anilines is 4. The van der Waals surface area contributed by atoms with Gasteiger partial charge in [-0.3, -0.25) is 0 Å². The third kappa shape index (κ3) is 7.54. The van der Waals surface area contributed by atoms with Crippen molar-refractivity contribution < 1.29 is 17.9 Å². The van der Waals surface area contributed by atoms with Crippen molar-refractivity contribution in [3.8, 4) is 11.5 Å². The van der Waals surface area contributed by atoms with Gasteiger partial charge >= 0.3 is 0 Å². The van der Waals surface area contributed by atoms with Crippen LogP contribution in [-0.4, -0.2) is 62.2 Å². The number of nitrogens with zero attached hydrogens (tertiary/aromatic N) is 3. The fraction of sp³-hybridized carbons (Fsp3) is 0.429. The minimum absolute atomic E-state index is 0.105. The van der Waals surface area contributed by atoms with Crippen LogP contribution in [-0.2, 0) is 10.0 Å². The first-order valence-electron chi connectivity index (χ1n) is 13.5. The lowest BCUT2D eigenvalue weighted by atomic mass is 10.2. The Balaban J connectivity index is 1.56. The Kier molecular flexibility index (Phi) is 10.1. The molecule has 4 rings (SSSR count). The zero-order valence-corrected chi connectivity index (χ0v) is 24.8. The monoisotopic (exact) mass is 588 g/mol. The average Bonchev–Trinajstić information content (AvgIpc) is 3.35. The molecule has 10 nitrogen and oxygen atoms in total. The molecule has 1 aromatic heterocycles. The number of likely N-dealkylation sites (tertiary alicyclic amines) is 1. The largest absolute Gasteiger partial charge is 0.492 e. The number of aromatic nitrogens is 2. The molecule has 1 aliphatic rings. The normalized spacial score (nSPS) is 15.8. The molecule has 3 aromatic rings. The van der Waals surface area contributed by atoms with Crippen molar-refractivity contribution in [1.82, 2.24) is 19.6 Å². The molecule has 0 radical (unpaired) electrons. The summed E-state index contributed by atoms with van der Waals surface area (Å²) >= 11 is 6.41. The molecular weight excluding hydrogens is 552 g/mol. The molecule has 1 saturated heterocycles. The van der Waals surface area contributed by atoms with Crippen LogP contribution in [0.4, 0.5) is 23.1 Å². The van der Waals surface area contributed by atoms with Gasteiger partial charge in [0.1, 0.15) is 27.5 Å². The van der Waals surface area contributed by atoms with Crippen molar-refractivity contribution in [3.63, 3.8) is 0 Å². The highest BCUT2D eigenvalue weighted by molar-refractivity contribution is 7.89. The number of benzene rings is 2. The van der Waals surface area contributed by atoms with Crippen molar-refractivity contribution in [2.75, 3.05) is 37.4 Å². The van der Waals surface area contributed by atoms with Gasteiger partial charge in [0, 0.05) is 25.2 Å². The highest BCUT2D eigenvalue weighted by Gasteiger charge is 2.23. The molecule has 2 aromatic carbocycles. The van der Waals surface area contributed by atoms with Gasteiger partial charge in [-0.15, -0.1) is 0 Å². The second-order valence-corrected chi connectivity index (χ2v) is 11.7. The van der Waals surface area contributed by atoms with E-state index < -0.39 is 10.0 Å². The van der Waals surface area contributed by atoms with E-state index in [-0.39, 0.29) is 33.8 Å². The Morgan fingerprint density at radius 1 is 1.10 bits per heavy atom. The number of hydrogen-bond acceptors (Lipinski definition) is 9. The number of halogens is 1. The van der Waals surface area contributed by atoms with Crippen LogP contribution >= 0.6 is 11.6 Å². The lowest BCUT2D eigenvalue weighted by Gasteiger charge is -2.18. The van der Waals surface area contributed by atoms with E-state index in [0.29, 0.717) is 36.6 Å². The van der Waals surface area contributed by atoms with E-state index >= 15 is 0 Å². The zero-order chi connectivity index (χ0) is 28.7. The highest BCUT2D eigenvalue weighted by atomic mass is 35.5. The molecule has 1 fully saturated rings. The number of nitrogens with one attached hydrogen (secondary N) is 3. The fourth-order valence-corrected chi connectivity index (χ4v) is 6.15. The number of ether oxygens (including phenoxy) is 2. The average molecular weight is 589 g/mol. The summed E-state index contributed by atoms with van der Waals surface area (Å²) in [5.74, 6) is 1.85. The summed E-state index contributed by atoms with van der Waals surface area (Å²) in [5, 5.41) is 6.50. The minimum atomic E-state index is -3.78. The number of hydrogen-bond donors (Lipinski definition) is 3. The summed E-state index contributed by atoms with van der Waals surface area (Å²) in [6, 6.07) is 12.1. The van der Waals surface area contributed by atoms with Crippen molar-refractivity contribution in [3.05, 3.63) is 53.7 Å². The zero-order valence-electron chi connectivity index (χ0n) is 23.3. The number of sulfonamides is 1. The Hall–Kier alpha value is -3.12. The Morgan fingerprint density at radius 2 is 1.88 bits per heavy atom. The summed E-state index contributed by atoms with van der Waals surface area (Å²) in [4.78, 5) is 11.2. The van der Waals surface area contributed by atoms with E-state index in [1.807, 2.05) is 39.0 Å². The molecular formula is C28H37ClN6O4S. The summed E-state index contributed by atoms with van der Waals surface area (Å²) in [6.45, 7) is 8.17. The van der Waals surface area contributed by atoms with Gasteiger partial charge in [-0.2, -0.15) is 4.98 Å². The SMILES string of the molecule is CCOc1cc(OC2CCN(C)C2)ccc1Nc1ncc(Cl)c(Nc2ccccc2S(=O)(=O)NC(CC)CC)n1. The van der Waals surface area contributed by atoms with Crippen LogP contribution in [0.1, 0.15) is 40.0 Å². The summed E-state index contributed by atoms with van der Waals surface area (Å²) < 4.78 is 41.1. The van der Waals surface area contributed by atoms with Gasteiger partial charge in [0.05, 0.1) is 24.2 Å². The quantitative estimate of drug-likeness (QED) is 0.236. The first-order valence-corrected chi connectivity index (χ1v) is 15.4. The minimum Gasteiger partial charge on any atom is -0.492 e. The van der Waals surface area contributed by atoms with Crippen LogP contribution in [0.5, 0.6) is 11.5 Å². The van der Waals surface area contributed by atoms with E-state index in [9.17, 15) is 8.42 Å². The van der Waals surface area contributed by atoms with Crippen molar-refractivity contribution in [1.29, 1.82) is 0 Å². The van der Waals surface area contributed by atoms with Gasteiger partial charge in [0.25, 0.3) is 0 Å². The van der Waals surface area contributed by atoms with Crippen LogP contribution in [0, 0.1) is 0 Å². The van der Waals surface area contributed by atoms with E-state index in [0.717, 1.165) is 25.3 Å². The third-order valence-corrected chi connectivity index (χ3v) is 8.49.